The summed E-state index contributed by atoms with van der Waals surface area (Å²) in [6.07, 6.45) is 2.25. The van der Waals surface area contributed by atoms with Crippen LogP contribution in [0.4, 0.5) is 4.79 Å². The molecular weight excluding hydrogens is 458 g/mol. The minimum atomic E-state index is -1.15. The zero-order valence-corrected chi connectivity index (χ0v) is 18.4. The number of halogens is 1. The molecule has 0 heterocycles. The van der Waals surface area contributed by atoms with Crippen LogP contribution in [0.2, 0.25) is 0 Å². The lowest BCUT2D eigenvalue weighted by atomic mass is 10.1. The maximum absolute atomic E-state index is 11.9. The molecule has 0 aliphatic heterocycles. The molecule has 0 aliphatic rings. The zero-order chi connectivity index (χ0) is 22.5. The van der Waals surface area contributed by atoms with E-state index in [0.717, 1.165) is 16.4 Å². The number of benzene rings is 1. The highest BCUT2D eigenvalue weighted by Crippen LogP contribution is 2.12. The third-order valence-electron chi connectivity index (χ3n) is 4.41. The Bertz CT molecular complexity index is 713. The van der Waals surface area contributed by atoms with Gasteiger partial charge >= 0.3 is 18.0 Å². The summed E-state index contributed by atoms with van der Waals surface area (Å²) in [6.45, 7) is 2.59. The molecule has 2 unspecified atom stereocenters. The molecule has 4 N–H and O–H groups in total. The number of amides is 3. The average Bonchev–Trinajstić information content (AvgIpc) is 2.69. The van der Waals surface area contributed by atoms with Crippen LogP contribution in [0.25, 0.3) is 0 Å². The summed E-state index contributed by atoms with van der Waals surface area (Å²) in [7, 11) is 0. The van der Waals surface area contributed by atoms with Crippen LogP contribution < -0.4 is 10.6 Å². The minimum Gasteiger partial charge on any atom is -0.481 e. The molecule has 0 radical (unpaired) electrons. The fourth-order valence-electron chi connectivity index (χ4n) is 2.75. The number of carbonyl (C=O) groups is 4. The Labute approximate surface area is 184 Å². The largest absolute Gasteiger partial charge is 0.481 e. The second-order valence-corrected chi connectivity index (χ2v) is 7.96. The van der Waals surface area contributed by atoms with Crippen molar-refractivity contribution in [3.05, 3.63) is 34.3 Å². The molecule has 0 saturated heterocycles. The maximum Gasteiger partial charge on any atom is 0.326 e. The van der Waals surface area contributed by atoms with Gasteiger partial charge < -0.3 is 25.7 Å². The number of carboxylic acid groups (broad SMARTS) is 2. The second-order valence-electron chi connectivity index (χ2n) is 7.04. The lowest BCUT2D eigenvalue weighted by Crippen LogP contribution is -2.48. The molecule has 3 amide bonds. The van der Waals surface area contributed by atoms with Crippen molar-refractivity contribution in [1.29, 1.82) is 0 Å². The van der Waals surface area contributed by atoms with Crippen LogP contribution in [-0.4, -0.2) is 58.1 Å². The lowest BCUT2D eigenvalue weighted by Gasteiger charge is -2.20. The first-order valence-electron chi connectivity index (χ1n) is 9.66. The number of rotatable bonds is 14. The summed E-state index contributed by atoms with van der Waals surface area (Å²) in [5, 5.41) is 22.9. The Morgan fingerprint density at radius 1 is 1.10 bits per heavy atom. The van der Waals surface area contributed by atoms with Crippen LogP contribution in [0.15, 0.2) is 28.7 Å². The van der Waals surface area contributed by atoms with Gasteiger partial charge in [-0.2, -0.15) is 0 Å². The molecule has 0 spiro atoms. The molecule has 166 valence electrons. The Morgan fingerprint density at radius 2 is 1.77 bits per heavy atom. The van der Waals surface area contributed by atoms with Crippen molar-refractivity contribution < 1.29 is 29.4 Å². The first-order chi connectivity index (χ1) is 14.2. The van der Waals surface area contributed by atoms with Crippen molar-refractivity contribution in [3.63, 3.8) is 0 Å². The Hall–Kier alpha value is -2.62. The molecule has 10 heteroatoms. The van der Waals surface area contributed by atoms with Gasteiger partial charge in [-0.05, 0) is 50.3 Å². The third-order valence-corrected chi connectivity index (χ3v) is 4.94. The van der Waals surface area contributed by atoms with Gasteiger partial charge in [-0.1, -0.05) is 28.1 Å². The van der Waals surface area contributed by atoms with E-state index in [0.29, 0.717) is 25.9 Å². The third kappa shape index (κ3) is 10.8. The highest BCUT2D eigenvalue weighted by molar-refractivity contribution is 9.10. The van der Waals surface area contributed by atoms with Crippen molar-refractivity contribution >= 4 is 40.3 Å². The smallest absolute Gasteiger partial charge is 0.326 e. The van der Waals surface area contributed by atoms with Gasteiger partial charge in [-0.15, -0.1) is 0 Å². The van der Waals surface area contributed by atoms with E-state index in [9.17, 15) is 24.3 Å². The Morgan fingerprint density at radius 3 is 2.33 bits per heavy atom. The predicted molar refractivity (Wildman–Crippen MR) is 114 cm³/mol. The molecule has 2 atom stereocenters. The molecule has 0 aromatic heterocycles. The normalized spacial score (nSPS) is 12.5. The van der Waals surface area contributed by atoms with Gasteiger partial charge in [0, 0.05) is 30.0 Å². The fourth-order valence-corrected chi connectivity index (χ4v) is 3.01. The molecular formula is C20H28BrN3O6. The number of hydrogen-bond donors (Lipinski definition) is 4. The van der Waals surface area contributed by atoms with Crippen molar-refractivity contribution in [1.82, 2.24) is 15.5 Å². The molecule has 0 saturated carbocycles. The molecule has 1 rings (SSSR count). The number of unbranched alkanes of at least 4 members (excludes halogenated alkanes) is 1. The van der Waals surface area contributed by atoms with Gasteiger partial charge in [0.15, 0.2) is 0 Å². The Kier molecular flexibility index (Phi) is 11.5. The molecule has 9 nitrogen and oxygen atoms in total. The van der Waals surface area contributed by atoms with Gasteiger partial charge in [0.2, 0.25) is 6.41 Å². The van der Waals surface area contributed by atoms with Crippen molar-refractivity contribution in [3.8, 4) is 0 Å². The number of carbonyl (C=O) groups excluding carboxylic acids is 2. The van der Waals surface area contributed by atoms with Gasteiger partial charge in [0.25, 0.3) is 0 Å². The van der Waals surface area contributed by atoms with Crippen LogP contribution in [0.1, 0.15) is 44.6 Å². The van der Waals surface area contributed by atoms with E-state index in [-0.39, 0.29) is 19.3 Å². The van der Waals surface area contributed by atoms with Crippen LogP contribution in [0.5, 0.6) is 0 Å². The molecule has 1 aromatic rings. The number of aliphatic carboxylic acids is 2. The fraction of sp³-hybridized carbons (Fsp3) is 0.500. The molecule has 0 fully saturated rings. The molecule has 1 aromatic carbocycles. The standard InChI is InChI=1S/C20H28BrN3O6/c1-14(5-10-18(26)27)22-20(30)23-17(19(28)29)4-2-3-11-24(13-25)12-15-6-8-16(21)9-7-15/h6-9,13-14,17H,2-5,10-12H2,1H3,(H,26,27)(H,28,29)(H2,22,23,30). The van der Waals surface area contributed by atoms with E-state index < -0.39 is 30.1 Å². The summed E-state index contributed by atoms with van der Waals surface area (Å²) < 4.78 is 0.955. The zero-order valence-electron chi connectivity index (χ0n) is 16.8. The van der Waals surface area contributed by atoms with Crippen molar-refractivity contribution in [2.24, 2.45) is 0 Å². The highest BCUT2D eigenvalue weighted by atomic mass is 79.9. The first kappa shape index (κ1) is 25.4. The van der Waals surface area contributed by atoms with Gasteiger partial charge in [0.1, 0.15) is 6.04 Å². The average molecular weight is 486 g/mol. The van der Waals surface area contributed by atoms with E-state index in [1.165, 1.54) is 0 Å². The van der Waals surface area contributed by atoms with Crippen LogP contribution in [0, 0.1) is 0 Å². The van der Waals surface area contributed by atoms with E-state index >= 15 is 0 Å². The molecule has 0 bridgehead atoms. The number of carboxylic acids is 2. The number of nitrogens with one attached hydrogen (secondary N) is 2. The highest BCUT2D eigenvalue weighted by Gasteiger charge is 2.20. The van der Waals surface area contributed by atoms with Crippen LogP contribution in [-0.2, 0) is 20.9 Å². The molecule has 0 aliphatic carbocycles. The summed E-state index contributed by atoms with van der Waals surface area (Å²) in [5.74, 6) is -2.11. The van der Waals surface area contributed by atoms with E-state index in [1.807, 2.05) is 24.3 Å². The monoisotopic (exact) mass is 485 g/mol. The lowest BCUT2D eigenvalue weighted by molar-refractivity contribution is -0.139. The minimum absolute atomic E-state index is 0.0860. The van der Waals surface area contributed by atoms with Crippen LogP contribution >= 0.6 is 15.9 Å². The summed E-state index contributed by atoms with van der Waals surface area (Å²) >= 11 is 3.36. The number of hydrogen-bond acceptors (Lipinski definition) is 4. The van der Waals surface area contributed by atoms with E-state index in [4.69, 9.17) is 5.11 Å². The van der Waals surface area contributed by atoms with Gasteiger partial charge in [-0.3, -0.25) is 9.59 Å². The van der Waals surface area contributed by atoms with Gasteiger partial charge in [0.05, 0.1) is 0 Å². The molecule has 30 heavy (non-hydrogen) atoms. The SMILES string of the molecule is CC(CCC(=O)O)NC(=O)NC(CCCCN(C=O)Cc1ccc(Br)cc1)C(=O)O. The number of urea groups is 1. The quantitative estimate of drug-likeness (QED) is 0.236. The van der Waals surface area contributed by atoms with E-state index in [2.05, 4.69) is 26.6 Å². The summed E-state index contributed by atoms with van der Waals surface area (Å²) in [4.78, 5) is 46.8. The second kappa shape index (κ2) is 13.6. The maximum atomic E-state index is 11.9. The van der Waals surface area contributed by atoms with Crippen molar-refractivity contribution in [2.75, 3.05) is 6.54 Å². The predicted octanol–water partition coefficient (Wildman–Crippen LogP) is 2.58. The first-order valence-corrected chi connectivity index (χ1v) is 10.5. The van der Waals surface area contributed by atoms with E-state index in [1.54, 1.807) is 11.8 Å². The summed E-state index contributed by atoms with van der Waals surface area (Å²) in [5.41, 5.74) is 0.990. The topological polar surface area (TPSA) is 136 Å². The van der Waals surface area contributed by atoms with Crippen LogP contribution in [0.3, 0.4) is 0 Å². The Balaban J connectivity index is 2.38. The van der Waals surface area contributed by atoms with Gasteiger partial charge in [-0.25, -0.2) is 9.59 Å². The summed E-state index contributed by atoms with van der Waals surface area (Å²) in [6, 6.07) is 5.53. The van der Waals surface area contributed by atoms with Crippen molar-refractivity contribution in [2.45, 2.75) is 57.7 Å². The number of nitrogens with zero attached hydrogens (tertiary/aromatic N) is 1.